The average molecular weight is 342 g/mol. The standard InChI is InChI=1S/C13H16Cl2F3N3/c1-2-19-12(20-6-5-13(16,17)18)21-8-9-3-4-10(14)7-11(9)15/h3-4,7H,2,5-6,8H2,1H3,(H2,19,20,21). The van der Waals surface area contributed by atoms with Gasteiger partial charge in [-0.15, -0.1) is 0 Å². The summed E-state index contributed by atoms with van der Waals surface area (Å²) in [6, 6.07) is 5.01. The van der Waals surface area contributed by atoms with Gasteiger partial charge in [0, 0.05) is 23.1 Å². The summed E-state index contributed by atoms with van der Waals surface area (Å²) in [6.45, 7) is 2.39. The third kappa shape index (κ3) is 7.43. The van der Waals surface area contributed by atoms with E-state index in [2.05, 4.69) is 15.6 Å². The minimum absolute atomic E-state index is 0.232. The molecule has 0 aromatic heterocycles. The lowest BCUT2D eigenvalue weighted by atomic mass is 10.2. The van der Waals surface area contributed by atoms with Gasteiger partial charge in [0.15, 0.2) is 5.96 Å². The minimum Gasteiger partial charge on any atom is -0.357 e. The fraction of sp³-hybridized carbons (Fsp3) is 0.462. The molecule has 0 fully saturated rings. The first-order valence-electron chi connectivity index (χ1n) is 6.34. The molecule has 0 saturated heterocycles. The number of benzene rings is 1. The molecule has 0 saturated carbocycles. The molecule has 0 atom stereocenters. The van der Waals surface area contributed by atoms with Crippen molar-refractivity contribution in [2.24, 2.45) is 4.99 Å². The maximum absolute atomic E-state index is 12.1. The van der Waals surface area contributed by atoms with Crippen LogP contribution in [0.1, 0.15) is 18.9 Å². The Balaban J connectivity index is 2.62. The Morgan fingerprint density at radius 1 is 1.24 bits per heavy atom. The first-order chi connectivity index (χ1) is 9.81. The van der Waals surface area contributed by atoms with Crippen LogP contribution in [-0.4, -0.2) is 25.2 Å². The number of rotatable bonds is 5. The van der Waals surface area contributed by atoms with E-state index in [4.69, 9.17) is 23.2 Å². The summed E-state index contributed by atoms with van der Waals surface area (Å²) in [6.07, 6.45) is -5.11. The van der Waals surface area contributed by atoms with Gasteiger partial charge < -0.3 is 10.6 Å². The summed E-state index contributed by atoms with van der Waals surface area (Å²) in [5.74, 6) is 0.313. The Kier molecular flexibility index (Phi) is 7.11. The average Bonchev–Trinajstić information content (AvgIpc) is 2.36. The predicted octanol–water partition coefficient (Wildman–Crippen LogP) is 4.00. The Hall–Kier alpha value is -1.14. The molecule has 21 heavy (non-hydrogen) atoms. The summed E-state index contributed by atoms with van der Waals surface area (Å²) in [7, 11) is 0. The molecule has 0 spiro atoms. The zero-order valence-corrected chi connectivity index (χ0v) is 12.9. The van der Waals surface area contributed by atoms with E-state index in [-0.39, 0.29) is 13.1 Å². The van der Waals surface area contributed by atoms with Crippen molar-refractivity contribution in [2.75, 3.05) is 13.1 Å². The van der Waals surface area contributed by atoms with Crippen LogP contribution in [-0.2, 0) is 6.54 Å². The topological polar surface area (TPSA) is 36.4 Å². The molecule has 1 rings (SSSR count). The Bertz CT molecular complexity index is 490. The van der Waals surface area contributed by atoms with Crippen LogP contribution in [0.3, 0.4) is 0 Å². The minimum atomic E-state index is -4.19. The van der Waals surface area contributed by atoms with Gasteiger partial charge in [0.1, 0.15) is 0 Å². The molecule has 0 amide bonds. The number of alkyl halides is 3. The maximum Gasteiger partial charge on any atom is 0.390 e. The van der Waals surface area contributed by atoms with Gasteiger partial charge in [0.2, 0.25) is 0 Å². The lowest BCUT2D eigenvalue weighted by molar-refractivity contribution is -0.132. The zero-order valence-electron chi connectivity index (χ0n) is 11.4. The number of halogens is 5. The number of nitrogens with zero attached hydrogens (tertiary/aromatic N) is 1. The fourth-order valence-corrected chi connectivity index (χ4v) is 1.95. The molecular formula is C13H16Cl2F3N3. The maximum atomic E-state index is 12.1. The molecule has 8 heteroatoms. The highest BCUT2D eigenvalue weighted by Gasteiger charge is 2.26. The van der Waals surface area contributed by atoms with Crippen LogP contribution < -0.4 is 10.6 Å². The lowest BCUT2D eigenvalue weighted by Crippen LogP contribution is -2.38. The summed E-state index contributed by atoms with van der Waals surface area (Å²) in [5, 5.41) is 6.49. The predicted molar refractivity (Wildman–Crippen MR) is 80.0 cm³/mol. The van der Waals surface area contributed by atoms with Gasteiger partial charge in [-0.2, -0.15) is 13.2 Å². The highest BCUT2D eigenvalue weighted by Crippen LogP contribution is 2.21. The van der Waals surface area contributed by atoms with Crippen molar-refractivity contribution in [1.82, 2.24) is 10.6 Å². The van der Waals surface area contributed by atoms with Crippen LogP contribution in [0.25, 0.3) is 0 Å². The van der Waals surface area contributed by atoms with Gasteiger partial charge in [0.05, 0.1) is 13.0 Å². The van der Waals surface area contributed by atoms with Gasteiger partial charge >= 0.3 is 6.18 Å². The van der Waals surface area contributed by atoms with Crippen molar-refractivity contribution in [3.63, 3.8) is 0 Å². The molecule has 3 nitrogen and oxygen atoms in total. The van der Waals surface area contributed by atoms with Gasteiger partial charge in [-0.1, -0.05) is 29.3 Å². The van der Waals surface area contributed by atoms with E-state index in [1.165, 1.54) is 0 Å². The molecule has 0 aliphatic rings. The summed E-state index contributed by atoms with van der Waals surface area (Å²) in [4.78, 5) is 4.19. The molecule has 0 unspecified atom stereocenters. The highest BCUT2D eigenvalue weighted by molar-refractivity contribution is 6.35. The first-order valence-corrected chi connectivity index (χ1v) is 7.10. The lowest BCUT2D eigenvalue weighted by Gasteiger charge is -2.12. The fourth-order valence-electron chi connectivity index (χ4n) is 1.48. The second-order valence-electron chi connectivity index (χ2n) is 4.22. The van der Waals surface area contributed by atoms with Crippen molar-refractivity contribution in [2.45, 2.75) is 26.1 Å². The molecule has 2 N–H and O–H groups in total. The number of guanidine groups is 1. The van der Waals surface area contributed by atoms with E-state index in [9.17, 15) is 13.2 Å². The Labute approximate surface area is 131 Å². The van der Waals surface area contributed by atoms with Crippen LogP contribution in [0, 0.1) is 0 Å². The van der Waals surface area contributed by atoms with E-state index in [0.717, 1.165) is 5.56 Å². The van der Waals surface area contributed by atoms with Crippen molar-refractivity contribution in [3.05, 3.63) is 33.8 Å². The number of aliphatic imine (C=N–C) groups is 1. The quantitative estimate of drug-likeness (QED) is 0.627. The van der Waals surface area contributed by atoms with Gasteiger partial charge in [-0.25, -0.2) is 4.99 Å². The van der Waals surface area contributed by atoms with Crippen LogP contribution in [0.2, 0.25) is 10.0 Å². The molecule has 0 aliphatic heterocycles. The van der Waals surface area contributed by atoms with E-state index in [1.807, 2.05) is 6.92 Å². The smallest absolute Gasteiger partial charge is 0.357 e. The summed E-state index contributed by atoms with van der Waals surface area (Å²) >= 11 is 11.8. The molecule has 1 aromatic rings. The normalized spacial score (nSPS) is 12.4. The number of hydrogen-bond acceptors (Lipinski definition) is 1. The van der Waals surface area contributed by atoms with Crippen molar-refractivity contribution >= 4 is 29.2 Å². The SMILES string of the molecule is CCNC(=NCc1ccc(Cl)cc1Cl)NCCC(F)(F)F. The molecule has 0 bridgehead atoms. The van der Waals surface area contributed by atoms with E-state index in [0.29, 0.717) is 22.5 Å². The molecule has 0 heterocycles. The Morgan fingerprint density at radius 3 is 2.52 bits per heavy atom. The second-order valence-corrected chi connectivity index (χ2v) is 5.07. The summed E-state index contributed by atoms with van der Waals surface area (Å²) in [5.41, 5.74) is 0.745. The first kappa shape index (κ1) is 17.9. The van der Waals surface area contributed by atoms with E-state index < -0.39 is 12.6 Å². The van der Waals surface area contributed by atoms with Crippen molar-refractivity contribution < 1.29 is 13.2 Å². The molecular weight excluding hydrogens is 326 g/mol. The molecule has 1 aromatic carbocycles. The molecule has 118 valence electrons. The third-order valence-electron chi connectivity index (χ3n) is 2.47. The van der Waals surface area contributed by atoms with Crippen LogP contribution in [0.15, 0.2) is 23.2 Å². The van der Waals surface area contributed by atoms with Crippen LogP contribution in [0.4, 0.5) is 13.2 Å². The number of hydrogen-bond donors (Lipinski definition) is 2. The van der Waals surface area contributed by atoms with Crippen LogP contribution >= 0.6 is 23.2 Å². The van der Waals surface area contributed by atoms with Gasteiger partial charge in [-0.3, -0.25) is 0 Å². The van der Waals surface area contributed by atoms with Crippen molar-refractivity contribution in [1.29, 1.82) is 0 Å². The highest BCUT2D eigenvalue weighted by atomic mass is 35.5. The van der Waals surface area contributed by atoms with Crippen molar-refractivity contribution in [3.8, 4) is 0 Å². The second kappa shape index (κ2) is 8.34. The zero-order chi connectivity index (χ0) is 15.9. The van der Waals surface area contributed by atoms with Gasteiger partial charge in [0.25, 0.3) is 0 Å². The molecule has 0 radical (unpaired) electrons. The van der Waals surface area contributed by atoms with E-state index in [1.54, 1.807) is 18.2 Å². The van der Waals surface area contributed by atoms with Crippen LogP contribution in [0.5, 0.6) is 0 Å². The number of nitrogens with one attached hydrogen (secondary N) is 2. The Morgan fingerprint density at radius 2 is 1.95 bits per heavy atom. The monoisotopic (exact) mass is 341 g/mol. The van der Waals surface area contributed by atoms with Gasteiger partial charge in [-0.05, 0) is 24.6 Å². The summed E-state index contributed by atoms with van der Waals surface area (Å²) < 4.78 is 36.3. The molecule has 0 aliphatic carbocycles. The third-order valence-corrected chi connectivity index (χ3v) is 3.05. The van der Waals surface area contributed by atoms with E-state index >= 15 is 0 Å². The largest absolute Gasteiger partial charge is 0.390 e.